The Morgan fingerprint density at radius 2 is 2.08 bits per heavy atom. The van der Waals surface area contributed by atoms with E-state index in [0.29, 0.717) is 27.9 Å². The summed E-state index contributed by atoms with van der Waals surface area (Å²) < 4.78 is 1.29. The van der Waals surface area contributed by atoms with Crippen molar-refractivity contribution in [2.45, 2.75) is 13.5 Å². The largest absolute Gasteiger partial charge is 0.325 e. The lowest BCUT2D eigenvalue weighted by Gasteiger charge is -2.14. The van der Waals surface area contributed by atoms with E-state index in [2.05, 4.69) is 15.4 Å². The van der Waals surface area contributed by atoms with Crippen LogP contribution in [0.15, 0.2) is 35.1 Å². The number of aromatic nitrogens is 3. The van der Waals surface area contributed by atoms with Crippen LogP contribution in [0.5, 0.6) is 0 Å². The second kappa shape index (κ2) is 7.30. The zero-order chi connectivity index (χ0) is 18.0. The summed E-state index contributed by atoms with van der Waals surface area (Å²) in [6.07, 6.45) is 0. The van der Waals surface area contributed by atoms with Gasteiger partial charge in [0.1, 0.15) is 5.01 Å². The van der Waals surface area contributed by atoms with Crippen molar-refractivity contribution in [3.8, 4) is 0 Å². The van der Waals surface area contributed by atoms with Crippen LogP contribution >= 0.6 is 22.9 Å². The van der Waals surface area contributed by atoms with E-state index in [1.54, 1.807) is 31.2 Å². The molecule has 3 rings (SSSR count). The van der Waals surface area contributed by atoms with Crippen molar-refractivity contribution in [1.82, 2.24) is 19.5 Å². The molecule has 25 heavy (non-hydrogen) atoms. The molecule has 3 aromatic rings. The fraction of sp³-hybridized carbons (Fsp3) is 0.250. The number of nitrogens with one attached hydrogen (secondary N) is 1. The quantitative estimate of drug-likeness (QED) is 0.737. The molecule has 0 spiro atoms. The predicted molar refractivity (Wildman–Crippen MR) is 98.3 cm³/mol. The van der Waals surface area contributed by atoms with Crippen LogP contribution in [0, 0.1) is 6.92 Å². The number of fused-ring (bicyclic) bond motifs is 1. The average Bonchev–Trinajstić information content (AvgIpc) is 2.91. The Balaban J connectivity index is 1.63. The number of hydrogen-bond acceptors (Lipinski definition) is 6. The highest BCUT2D eigenvalue weighted by Gasteiger charge is 2.12. The first-order valence-electron chi connectivity index (χ1n) is 7.51. The van der Waals surface area contributed by atoms with E-state index in [1.807, 2.05) is 11.9 Å². The minimum atomic E-state index is -0.201. The maximum atomic E-state index is 12.1. The lowest BCUT2D eigenvalue weighted by molar-refractivity contribution is -0.117. The number of carbonyl (C=O) groups is 1. The van der Waals surface area contributed by atoms with Gasteiger partial charge in [0.05, 0.1) is 13.1 Å². The minimum Gasteiger partial charge on any atom is -0.325 e. The van der Waals surface area contributed by atoms with Crippen molar-refractivity contribution < 1.29 is 4.79 Å². The van der Waals surface area contributed by atoms with Gasteiger partial charge in [0, 0.05) is 22.5 Å². The van der Waals surface area contributed by atoms with Gasteiger partial charge in [-0.1, -0.05) is 22.9 Å². The van der Waals surface area contributed by atoms with Crippen LogP contribution in [0.4, 0.5) is 5.69 Å². The Labute approximate surface area is 152 Å². The van der Waals surface area contributed by atoms with Gasteiger partial charge in [0.25, 0.3) is 5.56 Å². The van der Waals surface area contributed by atoms with Crippen molar-refractivity contribution in [1.29, 1.82) is 0 Å². The molecular weight excluding hydrogens is 362 g/mol. The molecule has 130 valence electrons. The van der Waals surface area contributed by atoms with Crippen molar-refractivity contribution in [3.63, 3.8) is 0 Å². The molecule has 2 aromatic heterocycles. The standard InChI is InChI=1S/C16H16ClN5O2S/c1-10-7-15(24)22-16(18-10)25-14(20-22)9-21(2)8-13(23)19-12-5-3-11(17)4-6-12/h3-7H,8-9H2,1-2H3,(H,19,23). The lowest BCUT2D eigenvalue weighted by atomic mass is 10.3. The van der Waals surface area contributed by atoms with Gasteiger partial charge in [0.15, 0.2) is 0 Å². The summed E-state index contributed by atoms with van der Waals surface area (Å²) in [4.78, 5) is 30.7. The summed E-state index contributed by atoms with van der Waals surface area (Å²) in [6.45, 7) is 2.41. The molecule has 0 saturated heterocycles. The van der Waals surface area contributed by atoms with E-state index < -0.39 is 0 Å². The Morgan fingerprint density at radius 1 is 1.36 bits per heavy atom. The molecule has 2 heterocycles. The molecule has 0 aliphatic heterocycles. The van der Waals surface area contributed by atoms with E-state index >= 15 is 0 Å². The van der Waals surface area contributed by atoms with Crippen LogP contribution in [-0.4, -0.2) is 39.0 Å². The molecule has 0 radical (unpaired) electrons. The Hall–Kier alpha value is -2.29. The monoisotopic (exact) mass is 377 g/mol. The zero-order valence-corrected chi connectivity index (χ0v) is 15.3. The number of anilines is 1. The van der Waals surface area contributed by atoms with Crippen LogP contribution in [0.2, 0.25) is 5.02 Å². The van der Waals surface area contributed by atoms with Gasteiger partial charge in [0.2, 0.25) is 10.9 Å². The summed E-state index contributed by atoms with van der Waals surface area (Å²) in [5.41, 5.74) is 1.15. The van der Waals surface area contributed by atoms with Gasteiger partial charge in [-0.25, -0.2) is 4.98 Å². The average molecular weight is 378 g/mol. The van der Waals surface area contributed by atoms with Gasteiger partial charge in [-0.05, 0) is 38.2 Å². The Kier molecular flexibility index (Phi) is 5.12. The van der Waals surface area contributed by atoms with Crippen LogP contribution in [-0.2, 0) is 11.3 Å². The predicted octanol–water partition coefficient (Wildman–Crippen LogP) is 2.18. The minimum absolute atomic E-state index is 0.142. The van der Waals surface area contributed by atoms with E-state index in [9.17, 15) is 9.59 Å². The molecule has 1 aromatic carbocycles. The highest BCUT2D eigenvalue weighted by molar-refractivity contribution is 7.16. The first-order chi connectivity index (χ1) is 11.9. The third-order valence-electron chi connectivity index (χ3n) is 3.36. The number of likely N-dealkylation sites (N-methyl/N-ethyl adjacent to an activating group) is 1. The molecule has 0 aliphatic carbocycles. The van der Waals surface area contributed by atoms with Crippen molar-refractivity contribution >= 4 is 39.5 Å². The summed E-state index contributed by atoms with van der Waals surface area (Å²) in [5, 5.41) is 8.41. The van der Waals surface area contributed by atoms with E-state index in [1.165, 1.54) is 21.9 Å². The number of rotatable bonds is 5. The molecule has 0 unspecified atom stereocenters. The summed E-state index contributed by atoms with van der Waals surface area (Å²) in [7, 11) is 1.81. The Bertz CT molecular complexity index is 967. The molecule has 0 atom stereocenters. The molecule has 1 amide bonds. The number of carbonyl (C=O) groups excluding carboxylic acids is 1. The smallest absolute Gasteiger partial charge is 0.275 e. The molecule has 7 nitrogen and oxygen atoms in total. The van der Waals surface area contributed by atoms with Crippen LogP contribution < -0.4 is 10.9 Å². The summed E-state index contributed by atoms with van der Waals surface area (Å²) in [5.74, 6) is -0.142. The van der Waals surface area contributed by atoms with Crippen LogP contribution in [0.1, 0.15) is 10.7 Å². The third kappa shape index (κ3) is 4.41. The van der Waals surface area contributed by atoms with Crippen molar-refractivity contribution in [2.75, 3.05) is 18.9 Å². The number of halogens is 1. The highest BCUT2D eigenvalue weighted by atomic mass is 35.5. The van der Waals surface area contributed by atoms with Gasteiger partial charge >= 0.3 is 0 Å². The van der Waals surface area contributed by atoms with E-state index in [4.69, 9.17) is 11.6 Å². The fourth-order valence-electron chi connectivity index (χ4n) is 2.29. The molecule has 0 fully saturated rings. The van der Waals surface area contributed by atoms with Crippen LogP contribution in [0.3, 0.4) is 0 Å². The van der Waals surface area contributed by atoms with Gasteiger partial charge in [-0.15, -0.1) is 0 Å². The number of nitrogens with zero attached hydrogens (tertiary/aromatic N) is 4. The second-order valence-electron chi connectivity index (χ2n) is 5.65. The molecule has 9 heteroatoms. The first kappa shape index (κ1) is 17.5. The lowest BCUT2D eigenvalue weighted by Crippen LogP contribution is -2.29. The molecule has 0 saturated carbocycles. The fourth-order valence-corrected chi connectivity index (χ4v) is 3.44. The van der Waals surface area contributed by atoms with E-state index in [-0.39, 0.29) is 18.0 Å². The number of benzene rings is 1. The Morgan fingerprint density at radius 3 is 2.80 bits per heavy atom. The molecule has 0 aliphatic rings. The summed E-state index contributed by atoms with van der Waals surface area (Å²) in [6, 6.07) is 8.37. The zero-order valence-electron chi connectivity index (χ0n) is 13.7. The third-order valence-corrected chi connectivity index (χ3v) is 4.51. The van der Waals surface area contributed by atoms with Crippen LogP contribution in [0.25, 0.3) is 4.96 Å². The van der Waals surface area contributed by atoms with Crippen molar-refractivity contribution in [2.24, 2.45) is 0 Å². The van der Waals surface area contributed by atoms with Gasteiger partial charge in [-0.2, -0.15) is 9.61 Å². The van der Waals surface area contributed by atoms with Gasteiger partial charge < -0.3 is 5.32 Å². The highest BCUT2D eigenvalue weighted by Crippen LogP contribution is 2.14. The normalized spacial score (nSPS) is 11.2. The maximum absolute atomic E-state index is 12.1. The molecule has 0 bridgehead atoms. The summed E-state index contributed by atoms with van der Waals surface area (Å²) >= 11 is 7.16. The number of hydrogen-bond donors (Lipinski definition) is 1. The topological polar surface area (TPSA) is 79.6 Å². The molecular formula is C16H16ClN5O2S. The van der Waals surface area contributed by atoms with E-state index in [0.717, 1.165) is 5.01 Å². The number of aryl methyl sites for hydroxylation is 1. The SMILES string of the molecule is Cc1cc(=O)n2nc(CN(C)CC(=O)Nc3ccc(Cl)cc3)sc2n1. The number of amides is 1. The van der Waals surface area contributed by atoms with Crippen molar-refractivity contribution in [3.05, 3.63) is 56.4 Å². The molecule has 1 N–H and O–H groups in total. The second-order valence-corrected chi connectivity index (χ2v) is 7.13. The maximum Gasteiger partial charge on any atom is 0.275 e. The first-order valence-corrected chi connectivity index (χ1v) is 8.70. The van der Waals surface area contributed by atoms with Gasteiger partial charge in [-0.3, -0.25) is 14.5 Å².